The van der Waals surface area contributed by atoms with Gasteiger partial charge in [-0.05, 0) is 37.0 Å². The molecule has 1 aliphatic rings. The predicted molar refractivity (Wildman–Crippen MR) is 50.6 cm³/mol. The van der Waals surface area contributed by atoms with Crippen molar-refractivity contribution in [3.8, 4) is 0 Å². The zero-order valence-electron chi connectivity index (χ0n) is 7.90. The first-order chi connectivity index (χ1) is 5.29. The first-order valence-corrected chi connectivity index (χ1v) is 4.91. The molecule has 0 aliphatic heterocycles. The lowest BCUT2D eigenvalue weighted by atomic mass is 9.74. The number of allylic oxidation sites excluding steroid dienone is 1. The largest absolute Gasteiger partial charge is 0.103 e. The third-order valence-corrected chi connectivity index (χ3v) is 3.67. The topological polar surface area (TPSA) is 0 Å². The van der Waals surface area contributed by atoms with Crippen LogP contribution in [0.25, 0.3) is 0 Å². The minimum Gasteiger partial charge on any atom is -0.103 e. The SMILES string of the molecule is C=C[C@@H]1CCCC1(CC)CC. The van der Waals surface area contributed by atoms with Gasteiger partial charge in [-0.15, -0.1) is 6.58 Å². The van der Waals surface area contributed by atoms with Crippen LogP contribution >= 0.6 is 0 Å². The maximum absolute atomic E-state index is 3.93. The monoisotopic (exact) mass is 152 g/mol. The first-order valence-electron chi connectivity index (χ1n) is 4.91. The highest BCUT2D eigenvalue weighted by Gasteiger charge is 2.37. The third kappa shape index (κ3) is 1.36. The molecule has 0 bridgehead atoms. The molecule has 1 atom stereocenters. The first kappa shape index (κ1) is 8.83. The molecule has 0 amide bonds. The third-order valence-electron chi connectivity index (χ3n) is 3.67. The Balaban J connectivity index is 2.71. The van der Waals surface area contributed by atoms with E-state index in [1.54, 1.807) is 0 Å². The molecule has 1 aliphatic carbocycles. The second kappa shape index (κ2) is 3.42. The molecule has 0 nitrogen and oxygen atoms in total. The highest BCUT2D eigenvalue weighted by atomic mass is 14.4. The van der Waals surface area contributed by atoms with Gasteiger partial charge in [-0.1, -0.05) is 26.3 Å². The maximum atomic E-state index is 3.93. The predicted octanol–water partition coefficient (Wildman–Crippen LogP) is 3.78. The average molecular weight is 152 g/mol. The molecule has 0 N–H and O–H groups in total. The molecule has 64 valence electrons. The van der Waals surface area contributed by atoms with Gasteiger partial charge in [0.15, 0.2) is 0 Å². The Morgan fingerprint density at radius 3 is 2.45 bits per heavy atom. The quantitative estimate of drug-likeness (QED) is 0.540. The summed E-state index contributed by atoms with van der Waals surface area (Å²) in [4.78, 5) is 0. The Morgan fingerprint density at radius 1 is 1.45 bits per heavy atom. The number of rotatable bonds is 3. The van der Waals surface area contributed by atoms with Gasteiger partial charge in [-0.25, -0.2) is 0 Å². The Morgan fingerprint density at radius 2 is 2.09 bits per heavy atom. The van der Waals surface area contributed by atoms with Crippen LogP contribution in [0.2, 0.25) is 0 Å². The Hall–Kier alpha value is -0.260. The minimum atomic E-state index is 0.627. The molecule has 0 radical (unpaired) electrons. The number of hydrogen-bond donors (Lipinski definition) is 0. The second-order valence-electron chi connectivity index (χ2n) is 3.80. The summed E-state index contributed by atoms with van der Waals surface area (Å²) in [6.07, 6.45) is 9.07. The summed E-state index contributed by atoms with van der Waals surface area (Å²) in [5, 5.41) is 0. The van der Waals surface area contributed by atoms with Crippen LogP contribution in [0.4, 0.5) is 0 Å². The van der Waals surface area contributed by atoms with Crippen molar-refractivity contribution in [2.45, 2.75) is 46.0 Å². The molecule has 0 aromatic rings. The van der Waals surface area contributed by atoms with Gasteiger partial charge in [0.25, 0.3) is 0 Å². The fraction of sp³-hybridized carbons (Fsp3) is 0.818. The normalized spacial score (nSPS) is 28.7. The van der Waals surface area contributed by atoms with Crippen molar-refractivity contribution in [2.24, 2.45) is 11.3 Å². The molecule has 0 spiro atoms. The van der Waals surface area contributed by atoms with Crippen molar-refractivity contribution in [3.63, 3.8) is 0 Å². The van der Waals surface area contributed by atoms with Gasteiger partial charge < -0.3 is 0 Å². The molecule has 0 aromatic carbocycles. The standard InChI is InChI=1S/C11H20/c1-4-10-8-7-9-11(10,5-2)6-3/h4,10H,1,5-9H2,2-3H3/t10-/m1/s1. The highest BCUT2D eigenvalue weighted by molar-refractivity contribution is 4.98. The molecule has 1 rings (SSSR count). The lowest BCUT2D eigenvalue weighted by molar-refractivity contribution is 0.217. The van der Waals surface area contributed by atoms with Gasteiger partial charge in [-0.2, -0.15) is 0 Å². The van der Waals surface area contributed by atoms with E-state index in [4.69, 9.17) is 0 Å². The van der Waals surface area contributed by atoms with Crippen LogP contribution in [-0.2, 0) is 0 Å². The molecule has 0 aromatic heterocycles. The van der Waals surface area contributed by atoms with Crippen molar-refractivity contribution in [2.75, 3.05) is 0 Å². The lowest BCUT2D eigenvalue weighted by Crippen LogP contribution is -2.22. The zero-order valence-corrected chi connectivity index (χ0v) is 7.90. The summed E-state index contributed by atoms with van der Waals surface area (Å²) in [6, 6.07) is 0. The van der Waals surface area contributed by atoms with Crippen molar-refractivity contribution < 1.29 is 0 Å². The van der Waals surface area contributed by atoms with Crippen molar-refractivity contribution in [3.05, 3.63) is 12.7 Å². The van der Waals surface area contributed by atoms with Crippen LogP contribution in [0.5, 0.6) is 0 Å². The summed E-state index contributed by atoms with van der Waals surface area (Å²) in [5.74, 6) is 0.803. The summed E-state index contributed by atoms with van der Waals surface area (Å²) in [7, 11) is 0. The van der Waals surface area contributed by atoms with E-state index in [0.29, 0.717) is 5.41 Å². The molecule has 11 heavy (non-hydrogen) atoms. The Kier molecular flexibility index (Phi) is 2.75. The van der Waals surface area contributed by atoms with Crippen LogP contribution in [-0.4, -0.2) is 0 Å². The van der Waals surface area contributed by atoms with Gasteiger partial charge in [0.2, 0.25) is 0 Å². The van der Waals surface area contributed by atoms with E-state index in [2.05, 4.69) is 26.5 Å². The van der Waals surface area contributed by atoms with Gasteiger partial charge in [0.1, 0.15) is 0 Å². The summed E-state index contributed by atoms with van der Waals surface area (Å²) in [6.45, 7) is 8.58. The average Bonchev–Trinajstić information content (AvgIpc) is 2.47. The molecular formula is C11H20. The Labute approximate surface area is 70.7 Å². The summed E-state index contributed by atoms with van der Waals surface area (Å²) >= 11 is 0. The molecule has 0 unspecified atom stereocenters. The van der Waals surface area contributed by atoms with Gasteiger partial charge in [0, 0.05) is 0 Å². The Bertz CT molecular complexity index is 131. The molecule has 0 heterocycles. The van der Waals surface area contributed by atoms with Crippen molar-refractivity contribution in [1.29, 1.82) is 0 Å². The van der Waals surface area contributed by atoms with Crippen molar-refractivity contribution in [1.82, 2.24) is 0 Å². The highest BCUT2D eigenvalue weighted by Crippen LogP contribution is 2.48. The van der Waals surface area contributed by atoms with Crippen LogP contribution < -0.4 is 0 Å². The van der Waals surface area contributed by atoms with Crippen molar-refractivity contribution >= 4 is 0 Å². The summed E-state index contributed by atoms with van der Waals surface area (Å²) < 4.78 is 0. The van der Waals surface area contributed by atoms with E-state index < -0.39 is 0 Å². The van der Waals surface area contributed by atoms with E-state index in [1.807, 2.05) is 0 Å². The van der Waals surface area contributed by atoms with E-state index in [9.17, 15) is 0 Å². The fourth-order valence-electron chi connectivity index (χ4n) is 2.66. The van der Waals surface area contributed by atoms with Crippen LogP contribution in [0.1, 0.15) is 46.0 Å². The van der Waals surface area contributed by atoms with E-state index in [-0.39, 0.29) is 0 Å². The molecular weight excluding hydrogens is 132 g/mol. The molecule has 1 fully saturated rings. The lowest BCUT2D eigenvalue weighted by Gasteiger charge is -2.31. The number of hydrogen-bond acceptors (Lipinski definition) is 0. The van der Waals surface area contributed by atoms with Gasteiger partial charge >= 0.3 is 0 Å². The van der Waals surface area contributed by atoms with Crippen LogP contribution in [0.3, 0.4) is 0 Å². The zero-order chi connectivity index (χ0) is 8.32. The molecule has 1 saturated carbocycles. The summed E-state index contributed by atoms with van der Waals surface area (Å²) in [5.41, 5.74) is 0.627. The molecule has 0 saturated heterocycles. The minimum absolute atomic E-state index is 0.627. The van der Waals surface area contributed by atoms with Gasteiger partial charge in [0.05, 0.1) is 0 Å². The second-order valence-corrected chi connectivity index (χ2v) is 3.80. The van der Waals surface area contributed by atoms with E-state index in [0.717, 1.165) is 5.92 Å². The smallest absolute Gasteiger partial charge is 0.0180 e. The molecule has 0 heteroatoms. The van der Waals surface area contributed by atoms with Crippen LogP contribution in [0.15, 0.2) is 12.7 Å². The maximum Gasteiger partial charge on any atom is -0.0180 e. The van der Waals surface area contributed by atoms with E-state index >= 15 is 0 Å². The van der Waals surface area contributed by atoms with Crippen LogP contribution in [0, 0.1) is 11.3 Å². The fourth-order valence-corrected chi connectivity index (χ4v) is 2.66. The van der Waals surface area contributed by atoms with Gasteiger partial charge in [-0.3, -0.25) is 0 Å². The van der Waals surface area contributed by atoms with E-state index in [1.165, 1.54) is 32.1 Å².